The van der Waals surface area contributed by atoms with Gasteiger partial charge in [-0.15, -0.1) is 0 Å². The zero-order valence-electron chi connectivity index (χ0n) is 16.7. The Kier molecular flexibility index (Phi) is 4.58. The predicted molar refractivity (Wildman–Crippen MR) is 116 cm³/mol. The van der Waals surface area contributed by atoms with Crippen molar-refractivity contribution >= 4 is 27.7 Å². The van der Waals surface area contributed by atoms with Crippen LogP contribution >= 0.6 is 0 Å². The average molecular weight is 419 g/mol. The average Bonchev–Trinajstić information content (AvgIpc) is 3.13. The number of imidazole rings is 1. The molecule has 1 amide bonds. The maximum Gasteiger partial charge on any atom is 0.326 e. The van der Waals surface area contributed by atoms with E-state index >= 15 is 0 Å². The van der Waals surface area contributed by atoms with E-state index in [0.717, 1.165) is 15.7 Å². The van der Waals surface area contributed by atoms with Gasteiger partial charge in [-0.25, -0.2) is 9.48 Å². The maximum absolute atomic E-state index is 12.8. The van der Waals surface area contributed by atoms with E-state index in [1.807, 2.05) is 24.3 Å². The topological polar surface area (TPSA) is 113 Å². The third-order valence-corrected chi connectivity index (χ3v) is 5.98. The highest BCUT2D eigenvalue weighted by Crippen LogP contribution is 2.24. The van der Waals surface area contributed by atoms with Crippen LogP contribution in [0.1, 0.15) is 18.9 Å². The molecule has 9 heteroatoms. The minimum atomic E-state index is -0.402. The van der Waals surface area contributed by atoms with E-state index in [2.05, 4.69) is 10.1 Å². The Balaban J connectivity index is 1.33. The number of piperidine rings is 1. The Bertz CT molecular complexity index is 1470. The lowest BCUT2D eigenvalue weighted by atomic mass is 10.0. The SMILES string of the molecule is O=C(Cn1[nH]c(=O)c2ccccc2c1=O)N1CCC(n2c(=O)[nH]c3ccccc32)CC1. The number of hydrogen-bond acceptors (Lipinski definition) is 4. The number of benzene rings is 2. The minimum Gasteiger partial charge on any atom is -0.341 e. The van der Waals surface area contributed by atoms with Crippen LogP contribution in [0.2, 0.25) is 0 Å². The third-order valence-electron chi connectivity index (χ3n) is 5.98. The monoisotopic (exact) mass is 419 g/mol. The van der Waals surface area contributed by atoms with Gasteiger partial charge in [0.15, 0.2) is 0 Å². The molecule has 3 heterocycles. The number of likely N-dealkylation sites (tertiary alicyclic amines) is 1. The van der Waals surface area contributed by atoms with Gasteiger partial charge in [0.1, 0.15) is 6.54 Å². The molecule has 0 spiro atoms. The van der Waals surface area contributed by atoms with Gasteiger partial charge in [0.25, 0.3) is 11.1 Å². The zero-order valence-corrected chi connectivity index (χ0v) is 16.7. The summed E-state index contributed by atoms with van der Waals surface area (Å²) in [7, 11) is 0. The molecular weight excluding hydrogens is 398 g/mol. The van der Waals surface area contributed by atoms with Crippen molar-refractivity contribution in [1.82, 2.24) is 24.2 Å². The number of rotatable bonds is 3. The van der Waals surface area contributed by atoms with Crippen LogP contribution < -0.4 is 16.8 Å². The van der Waals surface area contributed by atoms with Crippen LogP contribution in [0.4, 0.5) is 0 Å². The number of para-hydroxylation sites is 2. The van der Waals surface area contributed by atoms with Crippen molar-refractivity contribution in [3.05, 3.63) is 79.7 Å². The van der Waals surface area contributed by atoms with Crippen LogP contribution in [0.3, 0.4) is 0 Å². The Morgan fingerprint density at radius 3 is 2.39 bits per heavy atom. The van der Waals surface area contributed by atoms with Crippen molar-refractivity contribution in [2.45, 2.75) is 25.4 Å². The van der Waals surface area contributed by atoms with Gasteiger partial charge in [0.05, 0.1) is 21.8 Å². The van der Waals surface area contributed by atoms with Crippen LogP contribution in [0.5, 0.6) is 0 Å². The summed E-state index contributed by atoms with van der Waals surface area (Å²) in [5, 5.41) is 3.09. The van der Waals surface area contributed by atoms with Gasteiger partial charge in [0, 0.05) is 19.1 Å². The van der Waals surface area contributed by atoms with Gasteiger partial charge in [-0.1, -0.05) is 24.3 Å². The molecule has 2 aromatic heterocycles. The summed E-state index contributed by atoms with van der Waals surface area (Å²) in [5.74, 6) is -0.238. The Labute approximate surface area is 175 Å². The van der Waals surface area contributed by atoms with Crippen molar-refractivity contribution < 1.29 is 4.79 Å². The first kappa shape index (κ1) is 19.1. The predicted octanol–water partition coefficient (Wildman–Crippen LogP) is 1.20. The molecule has 4 aromatic rings. The number of nitrogens with one attached hydrogen (secondary N) is 2. The molecule has 0 saturated carbocycles. The highest BCUT2D eigenvalue weighted by molar-refractivity contribution is 5.81. The Morgan fingerprint density at radius 1 is 0.935 bits per heavy atom. The fourth-order valence-electron chi connectivity index (χ4n) is 4.40. The highest BCUT2D eigenvalue weighted by atomic mass is 16.2. The van der Waals surface area contributed by atoms with E-state index in [1.54, 1.807) is 33.7 Å². The molecule has 0 unspecified atom stereocenters. The first-order chi connectivity index (χ1) is 15.0. The summed E-state index contributed by atoms with van der Waals surface area (Å²) in [4.78, 5) is 54.7. The smallest absolute Gasteiger partial charge is 0.326 e. The van der Waals surface area contributed by atoms with Gasteiger partial charge >= 0.3 is 5.69 Å². The summed E-state index contributed by atoms with van der Waals surface area (Å²) in [6, 6.07) is 14.1. The highest BCUT2D eigenvalue weighted by Gasteiger charge is 2.26. The second-order valence-electron chi connectivity index (χ2n) is 7.81. The van der Waals surface area contributed by atoms with Crippen LogP contribution in [-0.4, -0.2) is 43.2 Å². The van der Waals surface area contributed by atoms with Crippen molar-refractivity contribution in [1.29, 1.82) is 0 Å². The summed E-state index contributed by atoms with van der Waals surface area (Å²) in [6.07, 6.45) is 1.27. The number of carbonyl (C=O) groups is 1. The van der Waals surface area contributed by atoms with Crippen LogP contribution in [0.25, 0.3) is 21.8 Å². The second kappa shape index (κ2) is 7.42. The van der Waals surface area contributed by atoms with Gasteiger partial charge in [-0.3, -0.25) is 24.0 Å². The number of fused-ring (bicyclic) bond motifs is 2. The Hall–Kier alpha value is -3.88. The van der Waals surface area contributed by atoms with Gasteiger partial charge < -0.3 is 9.88 Å². The zero-order chi connectivity index (χ0) is 21.5. The molecule has 0 atom stereocenters. The third kappa shape index (κ3) is 3.27. The van der Waals surface area contributed by atoms with Crippen molar-refractivity contribution in [2.75, 3.05) is 13.1 Å². The molecule has 2 aromatic carbocycles. The molecule has 31 heavy (non-hydrogen) atoms. The van der Waals surface area contributed by atoms with E-state index < -0.39 is 11.1 Å². The van der Waals surface area contributed by atoms with E-state index in [-0.39, 0.29) is 29.6 Å². The molecule has 1 aliphatic rings. The number of hydrogen-bond donors (Lipinski definition) is 2. The maximum atomic E-state index is 12.8. The molecular formula is C22H21N5O4. The lowest BCUT2D eigenvalue weighted by Crippen LogP contribution is -2.44. The molecule has 0 bridgehead atoms. The summed E-state index contributed by atoms with van der Waals surface area (Å²) in [5.41, 5.74) is 0.707. The molecule has 5 rings (SSSR count). The summed E-state index contributed by atoms with van der Waals surface area (Å²) in [6.45, 7) is 0.723. The number of nitrogens with zero attached hydrogens (tertiary/aromatic N) is 3. The Morgan fingerprint density at radius 2 is 1.61 bits per heavy atom. The molecule has 0 radical (unpaired) electrons. The van der Waals surface area contributed by atoms with E-state index in [4.69, 9.17) is 0 Å². The van der Waals surface area contributed by atoms with Gasteiger partial charge in [-0.2, -0.15) is 0 Å². The van der Waals surface area contributed by atoms with Crippen LogP contribution in [-0.2, 0) is 11.3 Å². The summed E-state index contributed by atoms with van der Waals surface area (Å²) < 4.78 is 2.84. The normalized spacial score (nSPS) is 15.0. The van der Waals surface area contributed by atoms with Crippen LogP contribution in [0, 0.1) is 0 Å². The standard InChI is InChI=1S/C22H21N5O4/c28-19(13-26-21(30)16-6-2-1-5-15(16)20(29)24-26)25-11-9-14(10-12-25)27-18-8-4-3-7-17(18)23-22(27)31/h1-8,14H,9-13H2,(H,23,31)(H,24,29). The fraction of sp³-hybridized carbons (Fsp3) is 0.273. The van der Waals surface area contributed by atoms with Crippen molar-refractivity contribution in [3.63, 3.8) is 0 Å². The van der Waals surface area contributed by atoms with E-state index in [0.29, 0.717) is 31.3 Å². The van der Waals surface area contributed by atoms with Crippen molar-refractivity contribution in [3.8, 4) is 0 Å². The molecule has 1 aliphatic heterocycles. The number of carbonyl (C=O) groups excluding carboxylic acids is 1. The fourth-order valence-corrected chi connectivity index (χ4v) is 4.40. The number of aromatic nitrogens is 4. The molecule has 0 aliphatic carbocycles. The quantitative estimate of drug-likeness (QED) is 0.519. The molecule has 9 nitrogen and oxygen atoms in total. The number of aromatic amines is 2. The minimum absolute atomic E-state index is 0.00380. The lowest BCUT2D eigenvalue weighted by molar-refractivity contribution is -0.133. The molecule has 2 N–H and O–H groups in total. The first-order valence-corrected chi connectivity index (χ1v) is 10.2. The van der Waals surface area contributed by atoms with Gasteiger partial charge in [-0.05, 0) is 37.1 Å². The van der Waals surface area contributed by atoms with E-state index in [9.17, 15) is 19.2 Å². The van der Waals surface area contributed by atoms with Crippen LogP contribution in [0.15, 0.2) is 62.9 Å². The molecule has 1 saturated heterocycles. The molecule has 158 valence electrons. The number of H-pyrrole nitrogens is 2. The first-order valence-electron chi connectivity index (χ1n) is 10.2. The molecule has 1 fully saturated rings. The summed E-state index contributed by atoms with van der Waals surface area (Å²) >= 11 is 0. The number of amides is 1. The van der Waals surface area contributed by atoms with Gasteiger partial charge in [0.2, 0.25) is 5.91 Å². The van der Waals surface area contributed by atoms with E-state index in [1.165, 1.54) is 0 Å². The largest absolute Gasteiger partial charge is 0.341 e. The lowest BCUT2D eigenvalue weighted by Gasteiger charge is -2.32. The second-order valence-corrected chi connectivity index (χ2v) is 7.81. The van der Waals surface area contributed by atoms with Crippen molar-refractivity contribution in [2.24, 2.45) is 0 Å².